The number of amides is 1. The Bertz CT molecular complexity index is 644. The first-order valence-corrected chi connectivity index (χ1v) is 8.18. The van der Waals surface area contributed by atoms with E-state index in [-0.39, 0.29) is 5.69 Å². The van der Waals surface area contributed by atoms with Crippen LogP contribution in [0.25, 0.3) is 0 Å². The third-order valence-corrected chi connectivity index (χ3v) is 4.19. The molecule has 1 aromatic heterocycles. The van der Waals surface area contributed by atoms with E-state index in [1.807, 2.05) is 0 Å². The maximum atomic E-state index is 14.1. The summed E-state index contributed by atoms with van der Waals surface area (Å²) in [6.45, 7) is 6.06. The smallest absolute Gasteiger partial charge is 0.410 e. The van der Waals surface area contributed by atoms with Crippen LogP contribution in [0.15, 0.2) is 16.7 Å². The van der Waals surface area contributed by atoms with Crippen molar-refractivity contribution in [2.75, 3.05) is 13.1 Å². The second kappa shape index (κ2) is 6.44. The number of nitriles is 1. The molecule has 5 nitrogen and oxygen atoms in total. The largest absolute Gasteiger partial charge is 0.444 e. The number of piperidine rings is 1. The van der Waals surface area contributed by atoms with E-state index in [1.165, 1.54) is 12.1 Å². The van der Waals surface area contributed by atoms with E-state index in [4.69, 9.17) is 4.74 Å². The van der Waals surface area contributed by atoms with Crippen molar-refractivity contribution in [2.45, 2.75) is 44.6 Å². The molecule has 1 aliphatic rings. The lowest BCUT2D eigenvalue weighted by Gasteiger charge is -2.37. The number of pyridine rings is 1. The Labute approximate surface area is 143 Å². The lowest BCUT2D eigenvalue weighted by Crippen LogP contribution is -2.47. The summed E-state index contributed by atoms with van der Waals surface area (Å²) < 4.78 is 19.9. The summed E-state index contributed by atoms with van der Waals surface area (Å²) in [6.07, 6.45) is 0.235. The Balaban J connectivity index is 2.16. The fraction of sp³-hybridized carbons (Fsp3) is 0.562. The second-order valence-electron chi connectivity index (χ2n) is 6.63. The van der Waals surface area contributed by atoms with Crippen molar-refractivity contribution in [1.29, 1.82) is 5.26 Å². The SMILES string of the molecule is CC(C)(C)OC(=O)N1CCC(C#N)(c2nc(Br)ccc2F)CC1. The zero-order chi connectivity index (χ0) is 17.3. The van der Waals surface area contributed by atoms with E-state index < -0.39 is 22.9 Å². The quantitative estimate of drug-likeness (QED) is 0.692. The standard InChI is InChI=1S/C16H19BrFN3O2/c1-15(2,3)23-14(22)21-8-6-16(10-19,7-9-21)13-11(18)4-5-12(17)20-13/h4-5H,6-9H2,1-3H3. The molecule has 0 saturated carbocycles. The summed E-state index contributed by atoms with van der Waals surface area (Å²) in [7, 11) is 0. The van der Waals surface area contributed by atoms with E-state index in [1.54, 1.807) is 25.7 Å². The van der Waals surface area contributed by atoms with Gasteiger partial charge in [-0.1, -0.05) is 0 Å². The Kier molecular flexibility index (Phi) is 4.95. The summed E-state index contributed by atoms with van der Waals surface area (Å²) in [5.74, 6) is -0.500. The number of carbonyl (C=O) groups is 1. The van der Waals surface area contributed by atoms with Gasteiger partial charge in [0.15, 0.2) is 0 Å². The molecule has 23 heavy (non-hydrogen) atoms. The van der Waals surface area contributed by atoms with Crippen LogP contribution in [-0.2, 0) is 10.2 Å². The second-order valence-corrected chi connectivity index (χ2v) is 7.44. The van der Waals surface area contributed by atoms with Gasteiger partial charge < -0.3 is 9.64 Å². The summed E-state index contributed by atoms with van der Waals surface area (Å²) in [6, 6.07) is 5.00. The number of nitrogens with zero attached hydrogens (tertiary/aromatic N) is 3. The van der Waals surface area contributed by atoms with Gasteiger partial charge in [0.1, 0.15) is 21.4 Å². The van der Waals surface area contributed by atoms with Crippen LogP contribution in [0.2, 0.25) is 0 Å². The molecular weight excluding hydrogens is 365 g/mol. The first kappa shape index (κ1) is 17.7. The zero-order valence-electron chi connectivity index (χ0n) is 13.4. The molecule has 1 aliphatic heterocycles. The van der Waals surface area contributed by atoms with Gasteiger partial charge in [-0.3, -0.25) is 0 Å². The molecule has 0 aliphatic carbocycles. The van der Waals surface area contributed by atoms with Crippen LogP contribution >= 0.6 is 15.9 Å². The van der Waals surface area contributed by atoms with Crippen molar-refractivity contribution in [3.05, 3.63) is 28.2 Å². The summed E-state index contributed by atoms with van der Waals surface area (Å²) in [5.41, 5.74) is -1.45. The normalized spacial score (nSPS) is 17.5. The predicted octanol–water partition coefficient (Wildman–Crippen LogP) is 3.78. The summed E-state index contributed by atoms with van der Waals surface area (Å²) in [4.78, 5) is 17.8. The molecule has 0 bridgehead atoms. The van der Waals surface area contributed by atoms with Gasteiger partial charge in [0.05, 0.1) is 11.8 Å². The minimum atomic E-state index is -1.02. The van der Waals surface area contributed by atoms with Gasteiger partial charge in [0.25, 0.3) is 0 Å². The number of halogens is 2. The monoisotopic (exact) mass is 383 g/mol. The topological polar surface area (TPSA) is 66.2 Å². The van der Waals surface area contributed by atoms with Crippen molar-refractivity contribution >= 4 is 22.0 Å². The fourth-order valence-corrected chi connectivity index (χ4v) is 2.86. The maximum Gasteiger partial charge on any atom is 0.410 e. The van der Waals surface area contributed by atoms with Gasteiger partial charge in [-0.15, -0.1) is 0 Å². The van der Waals surface area contributed by atoms with Crippen molar-refractivity contribution in [3.8, 4) is 6.07 Å². The number of hydrogen-bond donors (Lipinski definition) is 0. The highest BCUT2D eigenvalue weighted by Gasteiger charge is 2.41. The molecule has 0 atom stereocenters. The molecule has 2 rings (SSSR count). The van der Waals surface area contributed by atoms with E-state index in [2.05, 4.69) is 27.0 Å². The van der Waals surface area contributed by atoms with Gasteiger partial charge in [0, 0.05) is 13.1 Å². The molecule has 0 N–H and O–H groups in total. The van der Waals surface area contributed by atoms with Crippen LogP contribution < -0.4 is 0 Å². The van der Waals surface area contributed by atoms with Gasteiger partial charge in [0.2, 0.25) is 0 Å². The average Bonchev–Trinajstić information content (AvgIpc) is 2.48. The minimum Gasteiger partial charge on any atom is -0.444 e. The van der Waals surface area contributed by atoms with Crippen LogP contribution in [0, 0.1) is 17.1 Å². The number of rotatable bonds is 1. The molecule has 0 spiro atoms. The van der Waals surface area contributed by atoms with Crippen LogP contribution in [-0.4, -0.2) is 34.7 Å². The van der Waals surface area contributed by atoms with Crippen molar-refractivity contribution in [3.63, 3.8) is 0 Å². The van der Waals surface area contributed by atoms with Gasteiger partial charge in [-0.2, -0.15) is 5.26 Å². The van der Waals surface area contributed by atoms with Gasteiger partial charge in [-0.25, -0.2) is 14.2 Å². The highest BCUT2D eigenvalue weighted by Crippen LogP contribution is 2.36. The first-order chi connectivity index (χ1) is 10.7. The van der Waals surface area contributed by atoms with Gasteiger partial charge >= 0.3 is 6.09 Å². The number of aromatic nitrogens is 1. The molecule has 7 heteroatoms. The molecule has 1 amide bonds. The van der Waals surface area contributed by atoms with E-state index in [0.717, 1.165) is 0 Å². The number of carbonyl (C=O) groups excluding carboxylic acids is 1. The third-order valence-electron chi connectivity index (χ3n) is 3.75. The third kappa shape index (κ3) is 3.99. The molecule has 0 unspecified atom stereocenters. The molecular formula is C16H19BrFN3O2. The highest BCUT2D eigenvalue weighted by atomic mass is 79.9. The van der Waals surface area contributed by atoms with Crippen molar-refractivity contribution in [1.82, 2.24) is 9.88 Å². The van der Waals surface area contributed by atoms with Crippen LogP contribution in [0.4, 0.5) is 9.18 Å². The average molecular weight is 384 g/mol. The molecule has 1 fully saturated rings. The highest BCUT2D eigenvalue weighted by molar-refractivity contribution is 9.10. The minimum absolute atomic E-state index is 0.137. The molecule has 2 heterocycles. The Morgan fingerprint density at radius 2 is 2.04 bits per heavy atom. The Hall–Kier alpha value is -1.68. The Morgan fingerprint density at radius 3 is 2.57 bits per heavy atom. The van der Waals surface area contributed by atoms with Crippen molar-refractivity contribution in [2.24, 2.45) is 0 Å². The molecule has 1 aromatic rings. The lowest BCUT2D eigenvalue weighted by molar-refractivity contribution is 0.0183. The number of ether oxygens (including phenoxy) is 1. The number of likely N-dealkylation sites (tertiary alicyclic amines) is 1. The van der Waals surface area contributed by atoms with E-state index in [0.29, 0.717) is 30.5 Å². The predicted molar refractivity (Wildman–Crippen MR) is 86.2 cm³/mol. The zero-order valence-corrected chi connectivity index (χ0v) is 15.0. The molecule has 0 aromatic carbocycles. The fourth-order valence-electron chi connectivity index (χ4n) is 2.55. The maximum absolute atomic E-state index is 14.1. The van der Waals surface area contributed by atoms with Crippen LogP contribution in [0.1, 0.15) is 39.3 Å². The van der Waals surface area contributed by atoms with E-state index in [9.17, 15) is 14.4 Å². The number of hydrogen-bond acceptors (Lipinski definition) is 4. The lowest BCUT2D eigenvalue weighted by atomic mass is 9.76. The molecule has 0 radical (unpaired) electrons. The van der Waals surface area contributed by atoms with Gasteiger partial charge in [-0.05, 0) is 61.7 Å². The van der Waals surface area contributed by atoms with Crippen LogP contribution in [0.3, 0.4) is 0 Å². The molecule has 1 saturated heterocycles. The summed E-state index contributed by atoms with van der Waals surface area (Å²) in [5, 5.41) is 9.61. The summed E-state index contributed by atoms with van der Waals surface area (Å²) >= 11 is 3.21. The first-order valence-electron chi connectivity index (χ1n) is 7.39. The van der Waals surface area contributed by atoms with E-state index >= 15 is 0 Å². The van der Waals surface area contributed by atoms with Crippen LogP contribution in [0.5, 0.6) is 0 Å². The van der Waals surface area contributed by atoms with Crippen molar-refractivity contribution < 1.29 is 13.9 Å². The molecule has 124 valence electrons. The Morgan fingerprint density at radius 1 is 1.43 bits per heavy atom.